The molecule has 0 rings (SSSR count). The van der Waals surface area contributed by atoms with Crippen molar-refractivity contribution in [2.24, 2.45) is 0 Å². The van der Waals surface area contributed by atoms with Gasteiger partial charge in [-0.25, -0.2) is 4.79 Å². The van der Waals surface area contributed by atoms with E-state index in [1.807, 2.05) is 0 Å². The molecule has 0 N–H and O–H groups in total. The SMILES string of the molecule is COC(=O)/C=C\C(=O)[O-].[Li+]. The van der Waals surface area contributed by atoms with E-state index in [0.29, 0.717) is 6.08 Å². The van der Waals surface area contributed by atoms with Crippen LogP contribution in [0.3, 0.4) is 0 Å². The summed E-state index contributed by atoms with van der Waals surface area (Å²) < 4.78 is 4.08. The first-order chi connectivity index (χ1) is 4.16. The van der Waals surface area contributed by atoms with Crippen molar-refractivity contribution in [2.75, 3.05) is 7.11 Å². The Bertz CT molecular complexity index is 152. The maximum Gasteiger partial charge on any atom is 1.00 e. The fourth-order valence-corrected chi connectivity index (χ4v) is 0.204. The molecule has 10 heavy (non-hydrogen) atoms. The molecule has 0 unspecified atom stereocenters. The van der Waals surface area contributed by atoms with Gasteiger partial charge in [-0.05, 0) is 6.08 Å². The average molecular weight is 136 g/mol. The number of carboxylic acids is 1. The van der Waals surface area contributed by atoms with Gasteiger partial charge in [-0.1, -0.05) is 0 Å². The molecule has 0 amide bonds. The summed E-state index contributed by atoms with van der Waals surface area (Å²) in [7, 11) is 1.15. The molecule has 0 aromatic carbocycles. The van der Waals surface area contributed by atoms with Crippen molar-refractivity contribution in [3.05, 3.63) is 12.2 Å². The van der Waals surface area contributed by atoms with Gasteiger partial charge < -0.3 is 14.6 Å². The van der Waals surface area contributed by atoms with E-state index in [-0.39, 0.29) is 18.9 Å². The monoisotopic (exact) mass is 136 g/mol. The van der Waals surface area contributed by atoms with E-state index in [1.165, 1.54) is 0 Å². The Balaban J connectivity index is 0. The zero-order valence-electron chi connectivity index (χ0n) is 5.79. The van der Waals surface area contributed by atoms with Gasteiger partial charge >= 0.3 is 24.8 Å². The van der Waals surface area contributed by atoms with E-state index in [1.54, 1.807) is 0 Å². The first kappa shape index (κ1) is 12.0. The van der Waals surface area contributed by atoms with Gasteiger partial charge in [0.1, 0.15) is 0 Å². The van der Waals surface area contributed by atoms with Crippen LogP contribution in [0.2, 0.25) is 0 Å². The summed E-state index contributed by atoms with van der Waals surface area (Å²) >= 11 is 0. The summed E-state index contributed by atoms with van der Waals surface area (Å²) in [4.78, 5) is 19.7. The molecule has 0 spiro atoms. The second-order valence-corrected chi connectivity index (χ2v) is 1.18. The van der Waals surface area contributed by atoms with E-state index in [4.69, 9.17) is 0 Å². The fourth-order valence-electron chi connectivity index (χ4n) is 0.204. The van der Waals surface area contributed by atoms with Crippen LogP contribution in [0, 0.1) is 0 Å². The van der Waals surface area contributed by atoms with E-state index < -0.39 is 11.9 Å². The molecule has 0 saturated heterocycles. The van der Waals surface area contributed by atoms with Crippen molar-refractivity contribution in [1.82, 2.24) is 0 Å². The number of carbonyl (C=O) groups is 2. The predicted octanol–water partition coefficient (Wildman–Crippen LogP) is -4.53. The molecular weight excluding hydrogens is 131 g/mol. The minimum Gasteiger partial charge on any atom is -0.545 e. The molecule has 5 heteroatoms. The Morgan fingerprint density at radius 2 is 1.90 bits per heavy atom. The molecule has 4 nitrogen and oxygen atoms in total. The van der Waals surface area contributed by atoms with E-state index in [2.05, 4.69) is 4.74 Å². The van der Waals surface area contributed by atoms with Gasteiger partial charge in [0.25, 0.3) is 0 Å². The van der Waals surface area contributed by atoms with Crippen LogP contribution in [0.15, 0.2) is 12.2 Å². The van der Waals surface area contributed by atoms with E-state index in [9.17, 15) is 14.7 Å². The molecule has 50 valence electrons. The van der Waals surface area contributed by atoms with Gasteiger partial charge in [0.15, 0.2) is 0 Å². The minimum absolute atomic E-state index is 0. The van der Waals surface area contributed by atoms with E-state index in [0.717, 1.165) is 13.2 Å². The van der Waals surface area contributed by atoms with E-state index >= 15 is 0 Å². The number of carboxylic acid groups (broad SMARTS) is 1. The Hall–Kier alpha value is -0.723. The van der Waals surface area contributed by atoms with Crippen molar-refractivity contribution in [3.8, 4) is 0 Å². The third-order valence-electron chi connectivity index (χ3n) is 0.557. The van der Waals surface area contributed by atoms with Crippen LogP contribution in [-0.4, -0.2) is 19.0 Å². The van der Waals surface area contributed by atoms with Gasteiger partial charge in [-0.2, -0.15) is 0 Å². The molecule has 0 aromatic rings. The van der Waals surface area contributed by atoms with Gasteiger partial charge in [0, 0.05) is 6.08 Å². The van der Waals surface area contributed by atoms with Crippen LogP contribution < -0.4 is 24.0 Å². The summed E-state index contributed by atoms with van der Waals surface area (Å²) in [5, 5.41) is 9.61. The zero-order chi connectivity index (χ0) is 7.28. The number of aliphatic carboxylic acids is 1. The van der Waals surface area contributed by atoms with Gasteiger partial charge in [0.05, 0.1) is 13.1 Å². The smallest absolute Gasteiger partial charge is 0.545 e. The standard InChI is InChI=1S/C5H6O4.Li/c1-9-5(8)3-2-4(6)7;/h2-3H,1H3,(H,6,7);/q;+1/p-1/b3-2-;. The quantitative estimate of drug-likeness (QED) is 0.218. The maximum atomic E-state index is 10.1. The van der Waals surface area contributed by atoms with Gasteiger partial charge in [0.2, 0.25) is 0 Å². The molecule has 0 aromatic heterocycles. The summed E-state index contributed by atoms with van der Waals surface area (Å²) in [5.74, 6) is -2.13. The summed E-state index contributed by atoms with van der Waals surface area (Å²) in [6, 6.07) is 0. The second-order valence-electron chi connectivity index (χ2n) is 1.18. The first-order valence-corrected chi connectivity index (χ1v) is 2.14. The number of rotatable bonds is 2. The summed E-state index contributed by atoms with van der Waals surface area (Å²) in [5.41, 5.74) is 0. The minimum atomic E-state index is -1.42. The van der Waals surface area contributed by atoms with Crippen molar-refractivity contribution >= 4 is 11.9 Å². The third kappa shape index (κ3) is 7.28. The molecule has 0 bridgehead atoms. The molecule has 0 aliphatic heterocycles. The largest absolute Gasteiger partial charge is 1.00 e. The van der Waals surface area contributed by atoms with Gasteiger partial charge in [-0.3, -0.25) is 0 Å². The molecule has 0 heterocycles. The van der Waals surface area contributed by atoms with Crippen molar-refractivity contribution in [1.29, 1.82) is 0 Å². The van der Waals surface area contributed by atoms with Crippen LogP contribution >= 0.6 is 0 Å². The molecule has 0 aliphatic rings. The van der Waals surface area contributed by atoms with Crippen LogP contribution in [0.1, 0.15) is 0 Å². The average Bonchev–Trinajstić information content (AvgIpc) is 1.83. The van der Waals surface area contributed by atoms with Crippen LogP contribution in [0.5, 0.6) is 0 Å². The van der Waals surface area contributed by atoms with Crippen LogP contribution in [0.25, 0.3) is 0 Å². The number of ether oxygens (including phenoxy) is 1. The third-order valence-corrected chi connectivity index (χ3v) is 0.557. The summed E-state index contributed by atoms with van der Waals surface area (Å²) in [6.45, 7) is 0. The second kappa shape index (κ2) is 6.40. The van der Waals surface area contributed by atoms with Crippen molar-refractivity contribution in [3.63, 3.8) is 0 Å². The number of esters is 1. The van der Waals surface area contributed by atoms with Crippen molar-refractivity contribution in [2.45, 2.75) is 0 Å². The number of methoxy groups -OCH3 is 1. The topological polar surface area (TPSA) is 66.4 Å². The Kier molecular flexibility index (Phi) is 7.68. The number of hydrogen-bond donors (Lipinski definition) is 0. The summed E-state index contributed by atoms with van der Waals surface area (Å²) in [6.07, 6.45) is 1.38. The Labute approximate surface area is 70.0 Å². The molecule has 0 atom stereocenters. The molecule has 0 saturated carbocycles. The molecular formula is C5H5LiO4. The van der Waals surface area contributed by atoms with Gasteiger partial charge in [-0.15, -0.1) is 0 Å². The number of hydrogen-bond acceptors (Lipinski definition) is 4. The molecule has 0 fully saturated rings. The zero-order valence-corrected chi connectivity index (χ0v) is 5.79. The first-order valence-electron chi connectivity index (χ1n) is 2.14. The van der Waals surface area contributed by atoms with Crippen LogP contribution in [-0.2, 0) is 14.3 Å². The molecule has 0 aliphatic carbocycles. The normalized spacial score (nSPS) is 8.50. The van der Waals surface area contributed by atoms with Crippen molar-refractivity contribution < 1.29 is 38.3 Å². The Morgan fingerprint density at radius 1 is 1.40 bits per heavy atom. The maximum absolute atomic E-state index is 10.1. The molecule has 0 radical (unpaired) electrons. The fraction of sp³-hybridized carbons (Fsp3) is 0.200. The predicted molar refractivity (Wildman–Crippen MR) is 26.2 cm³/mol. The Morgan fingerprint density at radius 3 is 2.20 bits per heavy atom. The number of carbonyl (C=O) groups excluding carboxylic acids is 2. The van der Waals surface area contributed by atoms with Crippen LogP contribution in [0.4, 0.5) is 0 Å².